The van der Waals surface area contributed by atoms with Crippen molar-refractivity contribution < 1.29 is 4.79 Å². The lowest BCUT2D eigenvalue weighted by atomic mass is 10.1. The van der Waals surface area contributed by atoms with Crippen molar-refractivity contribution >= 4 is 17.5 Å². The molecule has 1 aromatic carbocycles. The predicted molar refractivity (Wildman–Crippen MR) is 102 cm³/mol. The summed E-state index contributed by atoms with van der Waals surface area (Å²) in [4.78, 5) is 19.1. The Labute approximate surface area is 159 Å². The van der Waals surface area contributed by atoms with Gasteiger partial charge < -0.3 is 5.32 Å². The highest BCUT2D eigenvalue weighted by molar-refractivity contribution is 6.30. The van der Waals surface area contributed by atoms with Crippen LogP contribution in [0.1, 0.15) is 55.8 Å². The molecule has 1 aromatic heterocycles. The molecule has 1 saturated heterocycles. The highest BCUT2D eigenvalue weighted by Gasteiger charge is 2.25. The fourth-order valence-electron chi connectivity index (χ4n) is 3.18. The molecule has 0 saturated carbocycles. The first kappa shape index (κ1) is 18.9. The second-order valence-corrected chi connectivity index (χ2v) is 8.14. The van der Waals surface area contributed by atoms with Crippen LogP contribution in [0.4, 0.5) is 0 Å². The van der Waals surface area contributed by atoms with E-state index in [1.165, 1.54) is 12.8 Å². The van der Waals surface area contributed by atoms with Crippen molar-refractivity contribution in [1.29, 1.82) is 0 Å². The summed E-state index contributed by atoms with van der Waals surface area (Å²) in [6.45, 7) is 8.63. The van der Waals surface area contributed by atoms with Gasteiger partial charge in [-0.05, 0) is 64.4 Å². The van der Waals surface area contributed by atoms with Crippen molar-refractivity contribution in [2.75, 3.05) is 19.6 Å². The number of rotatable bonds is 5. The van der Waals surface area contributed by atoms with E-state index < -0.39 is 0 Å². The number of carbonyl (C=O) groups is 1. The molecular weight excluding hydrogens is 350 g/mol. The zero-order valence-corrected chi connectivity index (χ0v) is 16.3. The average molecular weight is 376 g/mol. The molecule has 0 aliphatic carbocycles. The van der Waals surface area contributed by atoms with Gasteiger partial charge in [0.1, 0.15) is 6.33 Å². The van der Waals surface area contributed by atoms with E-state index in [1.807, 2.05) is 39.0 Å². The van der Waals surface area contributed by atoms with Crippen molar-refractivity contribution in [3.8, 4) is 0 Å². The molecule has 26 heavy (non-hydrogen) atoms. The van der Waals surface area contributed by atoms with Crippen LogP contribution >= 0.6 is 11.6 Å². The molecule has 1 atom stereocenters. The Morgan fingerprint density at radius 2 is 2.04 bits per heavy atom. The number of nitrogens with zero attached hydrogens (tertiary/aromatic N) is 4. The molecule has 1 amide bonds. The lowest BCUT2D eigenvalue weighted by molar-refractivity contribution is 0.0926. The Kier molecular flexibility index (Phi) is 5.63. The van der Waals surface area contributed by atoms with Gasteiger partial charge in [-0.15, -0.1) is 5.10 Å². The van der Waals surface area contributed by atoms with Crippen LogP contribution in [0.15, 0.2) is 30.6 Å². The minimum absolute atomic E-state index is 0.102. The van der Waals surface area contributed by atoms with E-state index in [4.69, 9.17) is 11.6 Å². The normalized spacial score (nSPS) is 16.6. The van der Waals surface area contributed by atoms with Gasteiger partial charge in [0.2, 0.25) is 5.82 Å². The molecule has 1 N–H and O–H groups in total. The molecule has 6 nitrogen and oxygen atoms in total. The van der Waals surface area contributed by atoms with Gasteiger partial charge in [-0.2, -0.15) is 0 Å². The number of likely N-dealkylation sites (tertiary alicyclic amines) is 1. The van der Waals surface area contributed by atoms with Crippen LogP contribution in [0.2, 0.25) is 5.02 Å². The minimum atomic E-state index is -0.251. The largest absolute Gasteiger partial charge is 0.347 e. The van der Waals surface area contributed by atoms with Crippen LogP contribution in [-0.4, -0.2) is 45.2 Å². The molecule has 0 radical (unpaired) electrons. The number of hydrogen-bond acceptors (Lipinski definition) is 4. The van der Waals surface area contributed by atoms with Gasteiger partial charge in [0, 0.05) is 11.6 Å². The second kappa shape index (κ2) is 7.76. The van der Waals surface area contributed by atoms with Crippen molar-refractivity contribution in [2.45, 2.75) is 45.2 Å². The lowest BCUT2D eigenvalue weighted by Gasteiger charge is -2.28. The molecule has 1 aliphatic rings. The molecular formula is C19H26ClN5O. The number of nitrogens with one attached hydrogen (secondary N) is 1. The zero-order chi connectivity index (χ0) is 18.7. The highest BCUT2D eigenvalue weighted by atomic mass is 35.5. The summed E-state index contributed by atoms with van der Waals surface area (Å²) in [5, 5.41) is 8.01. The molecule has 140 valence electrons. The van der Waals surface area contributed by atoms with E-state index in [9.17, 15) is 4.79 Å². The number of halogens is 1. The van der Waals surface area contributed by atoms with Gasteiger partial charge >= 0.3 is 0 Å². The fourth-order valence-corrected chi connectivity index (χ4v) is 3.38. The first-order valence-electron chi connectivity index (χ1n) is 9.04. The van der Waals surface area contributed by atoms with Crippen LogP contribution in [0.3, 0.4) is 0 Å². The molecule has 0 spiro atoms. The zero-order valence-electron chi connectivity index (χ0n) is 15.6. The Hall–Kier alpha value is -1.92. The predicted octanol–water partition coefficient (Wildman–Crippen LogP) is 3.25. The number of hydrogen-bond donors (Lipinski definition) is 1. The first-order valence-corrected chi connectivity index (χ1v) is 9.42. The summed E-state index contributed by atoms with van der Waals surface area (Å²) < 4.78 is 1.71. The molecule has 2 aromatic rings. The molecule has 3 rings (SSSR count). The Morgan fingerprint density at radius 3 is 2.65 bits per heavy atom. The summed E-state index contributed by atoms with van der Waals surface area (Å²) in [6.07, 6.45) is 3.97. The Morgan fingerprint density at radius 1 is 1.31 bits per heavy atom. The van der Waals surface area contributed by atoms with Gasteiger partial charge in [0.05, 0.1) is 11.6 Å². The third-order valence-corrected chi connectivity index (χ3v) is 4.89. The number of amides is 1. The van der Waals surface area contributed by atoms with Crippen molar-refractivity contribution in [2.24, 2.45) is 0 Å². The average Bonchev–Trinajstić information content (AvgIpc) is 3.26. The van der Waals surface area contributed by atoms with Crippen molar-refractivity contribution in [1.82, 2.24) is 25.0 Å². The summed E-state index contributed by atoms with van der Waals surface area (Å²) in [6, 6.07) is 7.96. The summed E-state index contributed by atoms with van der Waals surface area (Å²) in [5.41, 5.74) is 0.914. The van der Waals surface area contributed by atoms with E-state index in [-0.39, 0.29) is 23.3 Å². The first-order chi connectivity index (χ1) is 12.3. The molecule has 1 fully saturated rings. The molecule has 2 heterocycles. The molecule has 1 unspecified atom stereocenters. The number of benzene rings is 1. The Balaban J connectivity index is 1.71. The van der Waals surface area contributed by atoms with E-state index in [2.05, 4.69) is 26.4 Å². The van der Waals surface area contributed by atoms with E-state index in [1.54, 1.807) is 11.0 Å². The van der Waals surface area contributed by atoms with E-state index in [0.717, 1.165) is 18.7 Å². The third kappa shape index (κ3) is 4.43. The van der Waals surface area contributed by atoms with Crippen LogP contribution < -0.4 is 5.32 Å². The van der Waals surface area contributed by atoms with Gasteiger partial charge in [-0.3, -0.25) is 9.69 Å². The monoisotopic (exact) mass is 375 g/mol. The maximum atomic E-state index is 12.5. The quantitative estimate of drug-likeness (QED) is 0.871. The third-order valence-electron chi connectivity index (χ3n) is 4.65. The van der Waals surface area contributed by atoms with Crippen molar-refractivity contribution in [3.05, 3.63) is 47.0 Å². The van der Waals surface area contributed by atoms with Gasteiger partial charge in [-0.25, -0.2) is 9.67 Å². The molecule has 7 heteroatoms. The molecule has 0 bridgehead atoms. The topological polar surface area (TPSA) is 63.1 Å². The Bertz CT molecular complexity index is 761. The van der Waals surface area contributed by atoms with Gasteiger partial charge in [-0.1, -0.05) is 23.7 Å². The summed E-state index contributed by atoms with van der Waals surface area (Å²) in [7, 11) is 0. The van der Waals surface area contributed by atoms with Gasteiger partial charge in [0.15, 0.2) is 0 Å². The summed E-state index contributed by atoms with van der Waals surface area (Å²) >= 11 is 6.17. The van der Waals surface area contributed by atoms with E-state index >= 15 is 0 Å². The maximum Gasteiger partial charge on any atom is 0.291 e. The maximum absolute atomic E-state index is 12.5. The smallest absolute Gasteiger partial charge is 0.291 e. The lowest BCUT2D eigenvalue weighted by Crippen LogP contribution is -2.37. The summed E-state index contributed by atoms with van der Waals surface area (Å²) in [5.74, 6) is -0.0505. The SMILES string of the molecule is CC(C)(C)n1cnc(C(=O)NCC(c2cccc(Cl)c2)N2CCCC2)n1. The molecule has 1 aliphatic heterocycles. The van der Waals surface area contributed by atoms with Crippen LogP contribution in [-0.2, 0) is 5.54 Å². The van der Waals surface area contributed by atoms with Crippen LogP contribution in [0, 0.1) is 0 Å². The van der Waals surface area contributed by atoms with Crippen molar-refractivity contribution in [3.63, 3.8) is 0 Å². The highest BCUT2D eigenvalue weighted by Crippen LogP contribution is 2.26. The van der Waals surface area contributed by atoms with E-state index in [0.29, 0.717) is 11.6 Å². The standard InChI is InChI=1S/C19H26ClN5O/c1-19(2,3)25-13-22-17(23-25)18(26)21-12-16(24-9-4-5-10-24)14-7-6-8-15(20)11-14/h6-8,11,13,16H,4-5,9-10,12H2,1-3H3,(H,21,26). The minimum Gasteiger partial charge on any atom is -0.347 e. The van der Waals surface area contributed by atoms with Gasteiger partial charge in [0.25, 0.3) is 5.91 Å². The second-order valence-electron chi connectivity index (χ2n) is 7.71. The van der Waals surface area contributed by atoms with Crippen LogP contribution in [0.5, 0.6) is 0 Å². The van der Waals surface area contributed by atoms with Crippen LogP contribution in [0.25, 0.3) is 0 Å². The number of aromatic nitrogens is 3. The number of carbonyl (C=O) groups excluding carboxylic acids is 1. The fraction of sp³-hybridized carbons (Fsp3) is 0.526.